The predicted octanol–water partition coefficient (Wildman–Crippen LogP) is 5.29. The standard InChI is InChI=1S/C23H22N4OS/c1-2-28-22-13-6-5-12-21(22)26-23(29)25-19-14-24-27(16-19)15-18-10-7-9-17-8-3-4-11-20(17)18/h3-14,16H,2,15H2,1H3,(H2,25,26,29). The third kappa shape index (κ3) is 4.55. The van der Waals surface area contributed by atoms with Crippen molar-refractivity contribution in [2.75, 3.05) is 17.2 Å². The van der Waals surface area contributed by atoms with Crippen LogP contribution in [-0.2, 0) is 6.54 Å². The first-order valence-corrected chi connectivity index (χ1v) is 9.92. The summed E-state index contributed by atoms with van der Waals surface area (Å²) in [6, 6.07) is 22.4. The number of ether oxygens (including phenoxy) is 1. The minimum absolute atomic E-state index is 0.488. The maximum absolute atomic E-state index is 5.63. The summed E-state index contributed by atoms with van der Waals surface area (Å²) in [5.74, 6) is 0.769. The van der Waals surface area contributed by atoms with Gasteiger partial charge in [0.15, 0.2) is 5.11 Å². The Balaban J connectivity index is 1.44. The first kappa shape index (κ1) is 19.0. The van der Waals surface area contributed by atoms with Crippen LogP contribution in [0.25, 0.3) is 10.8 Å². The molecule has 29 heavy (non-hydrogen) atoms. The Kier molecular flexibility index (Phi) is 5.72. The highest BCUT2D eigenvalue weighted by Crippen LogP contribution is 2.24. The molecule has 146 valence electrons. The second kappa shape index (κ2) is 8.75. The van der Waals surface area contributed by atoms with Crippen molar-refractivity contribution in [1.29, 1.82) is 0 Å². The summed E-state index contributed by atoms with van der Waals surface area (Å²) in [7, 11) is 0. The molecule has 0 saturated carbocycles. The smallest absolute Gasteiger partial charge is 0.175 e. The third-order valence-corrected chi connectivity index (χ3v) is 4.74. The van der Waals surface area contributed by atoms with E-state index < -0.39 is 0 Å². The number of nitrogens with zero attached hydrogens (tertiary/aromatic N) is 2. The quantitative estimate of drug-likeness (QED) is 0.429. The zero-order valence-corrected chi connectivity index (χ0v) is 16.9. The van der Waals surface area contributed by atoms with Crippen molar-refractivity contribution in [2.45, 2.75) is 13.5 Å². The number of thiocarbonyl (C=S) groups is 1. The fraction of sp³-hybridized carbons (Fsp3) is 0.130. The molecule has 3 aromatic carbocycles. The van der Waals surface area contributed by atoms with Crippen LogP contribution in [0.5, 0.6) is 5.75 Å². The van der Waals surface area contributed by atoms with Gasteiger partial charge in [-0.15, -0.1) is 0 Å². The van der Waals surface area contributed by atoms with E-state index in [1.807, 2.05) is 42.1 Å². The van der Waals surface area contributed by atoms with E-state index >= 15 is 0 Å². The Hall–Kier alpha value is -3.38. The van der Waals surface area contributed by atoms with Crippen LogP contribution in [0.15, 0.2) is 79.1 Å². The number of para-hydroxylation sites is 2. The second-order valence-corrected chi connectivity index (χ2v) is 6.98. The largest absolute Gasteiger partial charge is 0.492 e. The minimum Gasteiger partial charge on any atom is -0.492 e. The van der Waals surface area contributed by atoms with Crippen molar-refractivity contribution in [3.05, 3.63) is 84.7 Å². The van der Waals surface area contributed by atoms with Crippen LogP contribution < -0.4 is 15.4 Å². The molecule has 0 aliphatic carbocycles. The molecule has 0 fully saturated rings. The van der Waals surface area contributed by atoms with Crippen molar-refractivity contribution in [2.24, 2.45) is 0 Å². The van der Waals surface area contributed by atoms with Crippen LogP contribution in [0.2, 0.25) is 0 Å². The number of hydrogen-bond acceptors (Lipinski definition) is 3. The number of nitrogens with one attached hydrogen (secondary N) is 2. The number of benzene rings is 3. The van der Waals surface area contributed by atoms with E-state index in [1.54, 1.807) is 6.20 Å². The molecule has 5 nitrogen and oxygen atoms in total. The fourth-order valence-corrected chi connectivity index (χ4v) is 3.48. The van der Waals surface area contributed by atoms with E-state index in [4.69, 9.17) is 17.0 Å². The van der Waals surface area contributed by atoms with Crippen molar-refractivity contribution >= 4 is 39.5 Å². The molecule has 6 heteroatoms. The van der Waals surface area contributed by atoms with Gasteiger partial charge in [-0.1, -0.05) is 54.6 Å². The normalized spacial score (nSPS) is 10.7. The van der Waals surface area contributed by atoms with Crippen LogP contribution in [0.1, 0.15) is 12.5 Å². The fourth-order valence-electron chi connectivity index (χ4n) is 3.26. The Morgan fingerprint density at radius 1 is 1.00 bits per heavy atom. The Bertz CT molecular complexity index is 1130. The highest BCUT2D eigenvalue weighted by molar-refractivity contribution is 7.80. The van der Waals surface area contributed by atoms with Gasteiger partial charge in [0.05, 0.1) is 30.7 Å². The van der Waals surface area contributed by atoms with E-state index in [-0.39, 0.29) is 0 Å². The molecule has 1 aromatic heterocycles. The predicted molar refractivity (Wildman–Crippen MR) is 123 cm³/mol. The van der Waals surface area contributed by atoms with E-state index in [0.717, 1.165) is 17.1 Å². The van der Waals surface area contributed by atoms with Crippen molar-refractivity contribution in [1.82, 2.24) is 9.78 Å². The van der Waals surface area contributed by atoms with Gasteiger partial charge in [-0.05, 0) is 47.6 Å². The lowest BCUT2D eigenvalue weighted by Crippen LogP contribution is -2.19. The van der Waals surface area contributed by atoms with E-state index in [9.17, 15) is 0 Å². The van der Waals surface area contributed by atoms with Gasteiger partial charge >= 0.3 is 0 Å². The molecule has 2 N–H and O–H groups in total. The molecule has 0 saturated heterocycles. The molecule has 0 spiro atoms. The molecule has 1 heterocycles. The number of rotatable bonds is 6. The van der Waals surface area contributed by atoms with Crippen LogP contribution in [0.3, 0.4) is 0 Å². The summed E-state index contributed by atoms with van der Waals surface area (Å²) >= 11 is 5.45. The molecule has 0 bridgehead atoms. The lowest BCUT2D eigenvalue weighted by molar-refractivity contribution is 0.342. The first-order valence-electron chi connectivity index (χ1n) is 9.52. The van der Waals surface area contributed by atoms with Gasteiger partial charge in [0.2, 0.25) is 0 Å². The van der Waals surface area contributed by atoms with Gasteiger partial charge in [-0.25, -0.2) is 0 Å². The Morgan fingerprint density at radius 3 is 2.69 bits per heavy atom. The maximum Gasteiger partial charge on any atom is 0.175 e. The Morgan fingerprint density at radius 2 is 1.79 bits per heavy atom. The van der Waals surface area contributed by atoms with Crippen LogP contribution in [0, 0.1) is 0 Å². The zero-order chi connectivity index (χ0) is 20.1. The van der Waals surface area contributed by atoms with Gasteiger partial charge in [0.1, 0.15) is 5.75 Å². The lowest BCUT2D eigenvalue weighted by atomic mass is 10.0. The summed E-state index contributed by atoms with van der Waals surface area (Å²) in [5.41, 5.74) is 2.88. The molecular formula is C23H22N4OS. The monoisotopic (exact) mass is 402 g/mol. The van der Waals surface area contributed by atoms with Gasteiger partial charge in [0, 0.05) is 6.20 Å². The van der Waals surface area contributed by atoms with Crippen molar-refractivity contribution in [3.63, 3.8) is 0 Å². The highest BCUT2D eigenvalue weighted by Gasteiger charge is 2.07. The minimum atomic E-state index is 0.488. The van der Waals surface area contributed by atoms with E-state index in [1.165, 1.54) is 16.3 Å². The van der Waals surface area contributed by atoms with E-state index in [0.29, 0.717) is 18.3 Å². The number of hydrogen-bond donors (Lipinski definition) is 2. The molecule has 0 atom stereocenters. The van der Waals surface area contributed by atoms with Crippen LogP contribution in [0.4, 0.5) is 11.4 Å². The van der Waals surface area contributed by atoms with Gasteiger partial charge in [-0.3, -0.25) is 4.68 Å². The molecule has 0 unspecified atom stereocenters. The zero-order valence-electron chi connectivity index (χ0n) is 16.1. The molecule has 0 amide bonds. The van der Waals surface area contributed by atoms with Gasteiger partial charge < -0.3 is 15.4 Å². The Labute approximate surface area is 175 Å². The van der Waals surface area contributed by atoms with Gasteiger partial charge in [-0.2, -0.15) is 5.10 Å². The number of aromatic nitrogens is 2. The average molecular weight is 403 g/mol. The average Bonchev–Trinajstić information content (AvgIpc) is 3.16. The molecule has 4 rings (SSSR count). The molecule has 0 radical (unpaired) electrons. The molecule has 4 aromatic rings. The summed E-state index contributed by atoms with van der Waals surface area (Å²) in [5, 5.41) is 13.8. The first-order chi connectivity index (χ1) is 14.2. The van der Waals surface area contributed by atoms with E-state index in [2.05, 4.69) is 58.2 Å². The topological polar surface area (TPSA) is 51.1 Å². The summed E-state index contributed by atoms with van der Waals surface area (Å²) in [6.45, 7) is 3.24. The van der Waals surface area contributed by atoms with Crippen LogP contribution in [-0.4, -0.2) is 21.5 Å². The molecule has 0 aliphatic heterocycles. The lowest BCUT2D eigenvalue weighted by Gasteiger charge is -2.13. The number of fused-ring (bicyclic) bond motifs is 1. The van der Waals surface area contributed by atoms with Gasteiger partial charge in [0.25, 0.3) is 0 Å². The summed E-state index contributed by atoms with van der Waals surface area (Å²) in [4.78, 5) is 0. The van der Waals surface area contributed by atoms with Crippen molar-refractivity contribution < 1.29 is 4.74 Å². The number of anilines is 2. The summed E-state index contributed by atoms with van der Waals surface area (Å²) < 4.78 is 7.53. The second-order valence-electron chi connectivity index (χ2n) is 6.57. The maximum atomic E-state index is 5.63. The third-order valence-electron chi connectivity index (χ3n) is 4.54. The molecule has 0 aliphatic rings. The van der Waals surface area contributed by atoms with Crippen LogP contribution >= 0.6 is 12.2 Å². The highest BCUT2D eigenvalue weighted by atomic mass is 32.1. The summed E-state index contributed by atoms with van der Waals surface area (Å²) in [6.07, 6.45) is 3.72. The molecular weight excluding hydrogens is 380 g/mol. The SMILES string of the molecule is CCOc1ccccc1NC(=S)Nc1cnn(Cc2cccc3ccccc23)c1. The van der Waals surface area contributed by atoms with Crippen molar-refractivity contribution in [3.8, 4) is 5.75 Å².